The number of nitrogens with zero attached hydrogens (tertiary/aromatic N) is 3. The standard InChI is InChI=1S/C17H12N6O6S/c18-17(30)21-20-12-8-15(29-14-4-2-1-3-10(12)14)16(24)19-11-6-5-9(22(25)26)7-13(11)23(27)28/h1-8H,(H,19,24)(H3,18,21,30)/b20-12-. The maximum Gasteiger partial charge on any atom is 0.299 e. The predicted molar refractivity (Wildman–Crippen MR) is 109 cm³/mol. The molecule has 3 rings (SSSR count). The van der Waals surface area contributed by atoms with Gasteiger partial charge in [0, 0.05) is 17.5 Å². The molecular weight excluding hydrogens is 416 g/mol. The van der Waals surface area contributed by atoms with E-state index in [9.17, 15) is 25.0 Å². The number of para-hydroxylation sites is 1. The SMILES string of the molecule is NC(=S)N/N=c1/cc(C(=O)Nc2ccc([N+](=O)[O-])cc2[N+](=O)[O-])oc2ccccc12. The van der Waals surface area contributed by atoms with E-state index >= 15 is 0 Å². The number of nitro benzene ring substituents is 2. The number of hydrogen-bond donors (Lipinski definition) is 3. The van der Waals surface area contributed by atoms with Crippen molar-refractivity contribution in [1.82, 2.24) is 5.43 Å². The molecule has 2 aromatic carbocycles. The van der Waals surface area contributed by atoms with Crippen LogP contribution in [0.2, 0.25) is 0 Å². The minimum Gasteiger partial charge on any atom is -0.451 e. The molecule has 0 atom stereocenters. The summed E-state index contributed by atoms with van der Waals surface area (Å²) in [7, 11) is 0. The predicted octanol–water partition coefficient (Wildman–Crippen LogP) is 2.15. The summed E-state index contributed by atoms with van der Waals surface area (Å²) >= 11 is 4.71. The Morgan fingerprint density at radius 3 is 2.50 bits per heavy atom. The highest BCUT2D eigenvalue weighted by atomic mass is 32.1. The largest absolute Gasteiger partial charge is 0.451 e. The van der Waals surface area contributed by atoms with Gasteiger partial charge in [-0.3, -0.25) is 30.4 Å². The number of hydrogen-bond acceptors (Lipinski definition) is 8. The number of anilines is 1. The smallest absolute Gasteiger partial charge is 0.299 e. The van der Waals surface area contributed by atoms with Crippen LogP contribution in [0.5, 0.6) is 0 Å². The van der Waals surface area contributed by atoms with Crippen LogP contribution >= 0.6 is 12.2 Å². The summed E-state index contributed by atoms with van der Waals surface area (Å²) in [5.41, 5.74) is 6.74. The van der Waals surface area contributed by atoms with Crippen LogP contribution in [0.25, 0.3) is 11.0 Å². The average Bonchev–Trinajstić information content (AvgIpc) is 2.71. The van der Waals surface area contributed by atoms with E-state index in [4.69, 9.17) is 22.4 Å². The molecule has 1 amide bonds. The summed E-state index contributed by atoms with van der Waals surface area (Å²) < 4.78 is 5.56. The second kappa shape index (κ2) is 8.32. The van der Waals surface area contributed by atoms with Crippen molar-refractivity contribution in [3.05, 3.63) is 79.9 Å². The van der Waals surface area contributed by atoms with Crippen molar-refractivity contribution in [1.29, 1.82) is 0 Å². The van der Waals surface area contributed by atoms with E-state index in [-0.39, 0.29) is 21.9 Å². The molecule has 0 aliphatic rings. The van der Waals surface area contributed by atoms with E-state index < -0.39 is 27.1 Å². The molecular formula is C17H12N6O6S. The highest BCUT2D eigenvalue weighted by Crippen LogP contribution is 2.29. The van der Waals surface area contributed by atoms with E-state index in [1.807, 2.05) is 0 Å². The fourth-order valence-electron chi connectivity index (χ4n) is 2.51. The summed E-state index contributed by atoms with van der Waals surface area (Å²) in [6.45, 7) is 0. The van der Waals surface area contributed by atoms with Gasteiger partial charge in [0.1, 0.15) is 11.3 Å². The number of nitro groups is 2. The third-order valence-electron chi connectivity index (χ3n) is 3.80. The van der Waals surface area contributed by atoms with Gasteiger partial charge >= 0.3 is 0 Å². The molecule has 0 spiro atoms. The van der Waals surface area contributed by atoms with Crippen LogP contribution < -0.4 is 21.8 Å². The molecule has 1 aromatic heterocycles. The summed E-state index contributed by atoms with van der Waals surface area (Å²) in [5, 5.41) is 29.2. The van der Waals surface area contributed by atoms with Gasteiger partial charge in [0.05, 0.1) is 21.3 Å². The molecule has 30 heavy (non-hydrogen) atoms. The van der Waals surface area contributed by atoms with Gasteiger partial charge in [-0.2, -0.15) is 5.10 Å². The van der Waals surface area contributed by atoms with Gasteiger partial charge in [0.25, 0.3) is 17.3 Å². The molecule has 0 saturated heterocycles. The molecule has 0 unspecified atom stereocenters. The number of carbonyl (C=O) groups is 1. The topological polar surface area (TPSA) is 179 Å². The van der Waals surface area contributed by atoms with E-state index in [1.165, 1.54) is 6.07 Å². The lowest BCUT2D eigenvalue weighted by Gasteiger charge is -2.07. The first-order valence-corrected chi connectivity index (χ1v) is 8.53. The lowest BCUT2D eigenvalue weighted by atomic mass is 10.2. The molecule has 0 radical (unpaired) electrons. The molecule has 1 heterocycles. The Labute approximate surface area is 172 Å². The Balaban J connectivity index is 2.04. The Morgan fingerprint density at radius 2 is 1.83 bits per heavy atom. The van der Waals surface area contributed by atoms with Crippen LogP contribution in [-0.2, 0) is 0 Å². The van der Waals surface area contributed by atoms with Gasteiger partial charge in [-0.05, 0) is 30.4 Å². The van der Waals surface area contributed by atoms with E-state index in [1.54, 1.807) is 24.3 Å². The van der Waals surface area contributed by atoms with Gasteiger partial charge in [0.2, 0.25) is 0 Å². The van der Waals surface area contributed by atoms with Crippen LogP contribution in [0.15, 0.2) is 58.0 Å². The van der Waals surface area contributed by atoms with E-state index in [0.29, 0.717) is 11.0 Å². The number of amides is 1. The van der Waals surface area contributed by atoms with Gasteiger partial charge < -0.3 is 15.5 Å². The van der Waals surface area contributed by atoms with Crippen molar-refractivity contribution in [3.63, 3.8) is 0 Å². The van der Waals surface area contributed by atoms with Crippen LogP contribution in [0.1, 0.15) is 10.6 Å². The number of non-ortho nitro benzene ring substituents is 1. The molecule has 13 heteroatoms. The highest BCUT2D eigenvalue weighted by Gasteiger charge is 2.22. The summed E-state index contributed by atoms with van der Waals surface area (Å²) in [5.74, 6) is -1.05. The summed E-state index contributed by atoms with van der Waals surface area (Å²) in [6, 6.07) is 10.8. The zero-order valence-corrected chi connectivity index (χ0v) is 15.7. The maximum absolute atomic E-state index is 12.7. The van der Waals surface area contributed by atoms with Crippen molar-refractivity contribution in [3.8, 4) is 0 Å². The Morgan fingerprint density at radius 1 is 1.10 bits per heavy atom. The molecule has 0 aliphatic heterocycles. The molecule has 0 aliphatic carbocycles. The summed E-state index contributed by atoms with van der Waals surface area (Å²) in [6.07, 6.45) is 0. The minimum absolute atomic E-state index is 0.0904. The van der Waals surface area contributed by atoms with Crippen molar-refractivity contribution in [2.24, 2.45) is 10.8 Å². The fraction of sp³-hybridized carbons (Fsp3) is 0. The second-order valence-electron chi connectivity index (χ2n) is 5.75. The van der Waals surface area contributed by atoms with Gasteiger partial charge in [-0.1, -0.05) is 12.1 Å². The van der Waals surface area contributed by atoms with Crippen molar-refractivity contribution >= 4 is 51.3 Å². The number of nitrogens with one attached hydrogen (secondary N) is 2. The Bertz CT molecular complexity index is 1270. The summed E-state index contributed by atoms with van der Waals surface area (Å²) in [4.78, 5) is 33.2. The first-order valence-electron chi connectivity index (χ1n) is 8.12. The van der Waals surface area contributed by atoms with Gasteiger partial charge in [-0.25, -0.2) is 0 Å². The lowest BCUT2D eigenvalue weighted by Crippen LogP contribution is -2.27. The van der Waals surface area contributed by atoms with Crippen molar-refractivity contribution < 1.29 is 19.1 Å². The second-order valence-corrected chi connectivity index (χ2v) is 6.19. The third-order valence-corrected chi connectivity index (χ3v) is 3.89. The quantitative estimate of drug-likeness (QED) is 0.312. The van der Waals surface area contributed by atoms with Crippen molar-refractivity contribution in [2.75, 3.05) is 5.32 Å². The third kappa shape index (κ3) is 4.36. The molecule has 4 N–H and O–H groups in total. The van der Waals surface area contributed by atoms with E-state index in [0.717, 1.165) is 18.2 Å². The minimum atomic E-state index is -0.840. The molecule has 0 saturated carbocycles. The first-order chi connectivity index (χ1) is 14.3. The Hall–Kier alpha value is -4.39. The maximum atomic E-state index is 12.7. The number of thiocarbonyl (C=S) groups is 1. The normalized spacial score (nSPS) is 11.1. The van der Waals surface area contributed by atoms with Crippen LogP contribution in [-0.4, -0.2) is 20.9 Å². The lowest BCUT2D eigenvalue weighted by molar-refractivity contribution is -0.393. The van der Waals surface area contributed by atoms with Crippen LogP contribution in [0, 0.1) is 20.2 Å². The fourth-order valence-corrected chi connectivity index (χ4v) is 2.56. The van der Waals surface area contributed by atoms with Gasteiger partial charge in [0.15, 0.2) is 10.9 Å². The highest BCUT2D eigenvalue weighted by molar-refractivity contribution is 7.80. The molecule has 152 valence electrons. The monoisotopic (exact) mass is 428 g/mol. The zero-order chi connectivity index (χ0) is 21.8. The van der Waals surface area contributed by atoms with Crippen molar-refractivity contribution in [2.45, 2.75) is 0 Å². The molecule has 0 bridgehead atoms. The van der Waals surface area contributed by atoms with E-state index in [2.05, 4.69) is 15.8 Å². The molecule has 0 fully saturated rings. The number of nitrogens with two attached hydrogens (primary N) is 1. The number of benzene rings is 2. The number of carbonyl (C=O) groups excluding carboxylic acids is 1. The van der Waals surface area contributed by atoms with Crippen LogP contribution in [0.4, 0.5) is 17.1 Å². The number of fused-ring (bicyclic) bond motifs is 1. The zero-order valence-electron chi connectivity index (χ0n) is 14.9. The average molecular weight is 428 g/mol. The van der Waals surface area contributed by atoms with Crippen LogP contribution in [0.3, 0.4) is 0 Å². The Kier molecular flexibility index (Phi) is 5.64. The number of rotatable bonds is 5. The van der Waals surface area contributed by atoms with Gasteiger partial charge in [-0.15, -0.1) is 0 Å². The first kappa shape index (κ1) is 20.3. The molecule has 12 nitrogen and oxygen atoms in total. The molecule has 3 aromatic rings.